The van der Waals surface area contributed by atoms with Gasteiger partial charge in [0, 0.05) is 19.8 Å². The van der Waals surface area contributed by atoms with Crippen LogP contribution < -0.4 is 0 Å². The van der Waals surface area contributed by atoms with Gasteiger partial charge < -0.3 is 14.0 Å². The molecule has 0 rings (SSSR count). The maximum atomic E-state index is 5.66. The summed E-state index contributed by atoms with van der Waals surface area (Å²) in [7, 11) is -0.453. The maximum absolute atomic E-state index is 5.66. The highest BCUT2D eigenvalue weighted by Crippen LogP contribution is 2.03. The van der Waals surface area contributed by atoms with Crippen LogP contribution in [0.5, 0.6) is 0 Å². The summed E-state index contributed by atoms with van der Waals surface area (Å²) in [6.45, 7) is 8.79. The van der Waals surface area contributed by atoms with Gasteiger partial charge in [-0.1, -0.05) is 59.3 Å². The topological polar surface area (TPSA) is 27.7 Å². The molecule has 0 heterocycles. The van der Waals surface area contributed by atoms with E-state index in [2.05, 4.69) is 20.8 Å². The fraction of sp³-hybridized carbons (Fsp3) is 1.00. The van der Waals surface area contributed by atoms with Crippen LogP contribution in [-0.4, -0.2) is 27.1 Å². The molecule has 4 heteroatoms. The molecule has 0 aromatic carbocycles. The summed E-state index contributed by atoms with van der Waals surface area (Å²) < 4.78 is 17.0. The third-order valence-corrected chi connectivity index (χ3v) is 3.01. The largest absolute Gasteiger partial charge is 0.639 e. The van der Waals surface area contributed by atoms with Gasteiger partial charge in [-0.25, -0.2) is 0 Å². The highest BCUT2D eigenvalue weighted by atomic mass is 16.7. The van der Waals surface area contributed by atoms with Crippen molar-refractivity contribution < 1.29 is 14.0 Å². The number of hydrogen-bond donors (Lipinski definition) is 0. The molecule has 0 radical (unpaired) electrons. The molecule has 0 amide bonds. The van der Waals surface area contributed by atoms with Crippen molar-refractivity contribution >= 4 is 7.32 Å². The molecule has 3 nitrogen and oxygen atoms in total. The summed E-state index contributed by atoms with van der Waals surface area (Å²) >= 11 is 0. The van der Waals surface area contributed by atoms with E-state index in [0.29, 0.717) is 0 Å². The van der Waals surface area contributed by atoms with E-state index in [1.807, 2.05) is 0 Å². The first-order valence-electron chi connectivity index (χ1n) is 8.19. The summed E-state index contributed by atoms with van der Waals surface area (Å²) in [6, 6.07) is 0. The molecule has 0 aliphatic heterocycles. The van der Waals surface area contributed by atoms with E-state index in [9.17, 15) is 0 Å². The zero-order chi connectivity index (χ0) is 14.2. The second-order valence-corrected chi connectivity index (χ2v) is 5.02. The second kappa shape index (κ2) is 16.0. The first-order chi connectivity index (χ1) is 9.35. The molecule has 0 aliphatic rings. The lowest BCUT2D eigenvalue weighted by Gasteiger charge is -2.14. The Morgan fingerprint density at radius 2 is 0.842 bits per heavy atom. The van der Waals surface area contributed by atoms with Crippen LogP contribution in [0.15, 0.2) is 0 Å². The smallest absolute Gasteiger partial charge is 0.386 e. The Bertz CT molecular complexity index is 139. The van der Waals surface area contributed by atoms with Crippen molar-refractivity contribution in [1.29, 1.82) is 0 Å². The van der Waals surface area contributed by atoms with Gasteiger partial charge in [0.2, 0.25) is 0 Å². The summed E-state index contributed by atoms with van der Waals surface area (Å²) in [5, 5.41) is 0. The van der Waals surface area contributed by atoms with Crippen molar-refractivity contribution in [3.8, 4) is 0 Å². The normalized spacial score (nSPS) is 10.9. The summed E-state index contributed by atoms with van der Waals surface area (Å²) in [6.07, 6.45) is 10.5. The minimum absolute atomic E-state index is 0.453. The lowest BCUT2D eigenvalue weighted by atomic mass is 10.2. The Hall–Kier alpha value is -0.0551. The van der Waals surface area contributed by atoms with Crippen molar-refractivity contribution in [3.05, 3.63) is 0 Å². The van der Waals surface area contributed by atoms with Crippen LogP contribution >= 0.6 is 0 Å². The Balaban J connectivity index is 3.66. The monoisotopic (exact) mass is 272 g/mol. The maximum Gasteiger partial charge on any atom is 0.639 e. The molecule has 0 unspecified atom stereocenters. The van der Waals surface area contributed by atoms with Crippen LogP contribution in [0.1, 0.15) is 78.6 Å². The number of rotatable bonds is 15. The average Bonchev–Trinajstić information content (AvgIpc) is 2.43. The van der Waals surface area contributed by atoms with Gasteiger partial charge in [0.05, 0.1) is 0 Å². The summed E-state index contributed by atoms with van der Waals surface area (Å²) in [5.74, 6) is 0. The molecule has 114 valence electrons. The van der Waals surface area contributed by atoms with E-state index in [1.165, 1.54) is 38.5 Å². The highest BCUT2D eigenvalue weighted by molar-refractivity contribution is 6.36. The van der Waals surface area contributed by atoms with E-state index < -0.39 is 7.32 Å². The molecule has 19 heavy (non-hydrogen) atoms. The zero-order valence-corrected chi connectivity index (χ0v) is 13.3. The Kier molecular flexibility index (Phi) is 16.0. The van der Waals surface area contributed by atoms with Crippen molar-refractivity contribution in [2.45, 2.75) is 78.6 Å². The minimum atomic E-state index is -0.453. The van der Waals surface area contributed by atoms with E-state index in [4.69, 9.17) is 14.0 Å². The predicted molar refractivity (Wildman–Crippen MR) is 82.2 cm³/mol. The van der Waals surface area contributed by atoms with Crippen LogP contribution in [-0.2, 0) is 14.0 Å². The van der Waals surface area contributed by atoms with Gasteiger partial charge in [-0.3, -0.25) is 0 Å². The number of unbranched alkanes of at least 4 members (excludes halogenated alkanes) is 6. The van der Waals surface area contributed by atoms with Gasteiger partial charge in [0.1, 0.15) is 0 Å². The molecule has 0 atom stereocenters. The molecule has 0 saturated heterocycles. The Labute approximate surface area is 120 Å². The first-order valence-corrected chi connectivity index (χ1v) is 8.19. The molecule has 0 aromatic heterocycles. The molecule has 0 bridgehead atoms. The van der Waals surface area contributed by atoms with Crippen LogP contribution in [0, 0.1) is 0 Å². The summed E-state index contributed by atoms with van der Waals surface area (Å²) in [4.78, 5) is 0. The minimum Gasteiger partial charge on any atom is -0.386 e. The molecule has 0 fully saturated rings. The molecule has 0 spiro atoms. The molecular formula is C15H33BO3. The number of hydrogen-bond acceptors (Lipinski definition) is 3. The van der Waals surface area contributed by atoms with Crippen LogP contribution in [0.25, 0.3) is 0 Å². The van der Waals surface area contributed by atoms with E-state index in [0.717, 1.165) is 39.1 Å². The molecule has 0 aromatic rings. The van der Waals surface area contributed by atoms with Crippen LogP contribution in [0.4, 0.5) is 0 Å². The van der Waals surface area contributed by atoms with Crippen molar-refractivity contribution in [2.75, 3.05) is 19.8 Å². The lowest BCUT2D eigenvalue weighted by Crippen LogP contribution is -2.28. The third-order valence-electron chi connectivity index (χ3n) is 3.01. The van der Waals surface area contributed by atoms with Crippen molar-refractivity contribution in [2.24, 2.45) is 0 Å². The van der Waals surface area contributed by atoms with Gasteiger partial charge in [-0.15, -0.1) is 0 Å². The standard InChI is InChI=1S/C15H33BO3/c1-4-7-10-13-17-16(18-14-11-8-5-2)19-15-12-9-6-3/h4-15H2,1-3H3. The van der Waals surface area contributed by atoms with Gasteiger partial charge in [0.15, 0.2) is 0 Å². The quantitative estimate of drug-likeness (QED) is 0.322. The molecular weight excluding hydrogens is 239 g/mol. The van der Waals surface area contributed by atoms with Crippen LogP contribution in [0.3, 0.4) is 0 Å². The molecule has 0 aliphatic carbocycles. The molecule has 0 N–H and O–H groups in total. The van der Waals surface area contributed by atoms with Crippen molar-refractivity contribution in [1.82, 2.24) is 0 Å². The van der Waals surface area contributed by atoms with Gasteiger partial charge in [0.25, 0.3) is 0 Å². The fourth-order valence-corrected chi connectivity index (χ4v) is 1.74. The van der Waals surface area contributed by atoms with E-state index in [-0.39, 0.29) is 0 Å². The first kappa shape index (κ1) is 18.9. The molecule has 0 saturated carbocycles. The van der Waals surface area contributed by atoms with Gasteiger partial charge in [-0.2, -0.15) is 0 Å². The fourth-order valence-electron chi connectivity index (χ4n) is 1.74. The summed E-state index contributed by atoms with van der Waals surface area (Å²) in [5.41, 5.74) is 0. The van der Waals surface area contributed by atoms with E-state index in [1.54, 1.807) is 0 Å². The predicted octanol–water partition coefficient (Wildman–Crippen LogP) is 4.59. The average molecular weight is 272 g/mol. The van der Waals surface area contributed by atoms with E-state index >= 15 is 0 Å². The second-order valence-electron chi connectivity index (χ2n) is 5.02. The van der Waals surface area contributed by atoms with Crippen LogP contribution in [0.2, 0.25) is 0 Å². The lowest BCUT2D eigenvalue weighted by molar-refractivity contribution is 0.0889. The highest BCUT2D eigenvalue weighted by Gasteiger charge is 2.20. The van der Waals surface area contributed by atoms with Crippen molar-refractivity contribution in [3.63, 3.8) is 0 Å². The SMILES string of the molecule is CCCCCOB(OCCCCC)OCCCCC. The third kappa shape index (κ3) is 14.2. The Morgan fingerprint density at radius 3 is 1.11 bits per heavy atom. The zero-order valence-electron chi connectivity index (χ0n) is 13.3. The van der Waals surface area contributed by atoms with Gasteiger partial charge in [-0.05, 0) is 19.3 Å². The van der Waals surface area contributed by atoms with Gasteiger partial charge >= 0.3 is 7.32 Å². The Morgan fingerprint density at radius 1 is 0.526 bits per heavy atom.